The Morgan fingerprint density at radius 2 is 1.96 bits per heavy atom. The van der Waals surface area contributed by atoms with E-state index in [2.05, 4.69) is 4.98 Å². The fourth-order valence-corrected chi connectivity index (χ4v) is 4.31. The number of halogens is 3. The van der Waals surface area contributed by atoms with Gasteiger partial charge in [0.25, 0.3) is 5.56 Å². The van der Waals surface area contributed by atoms with Crippen LogP contribution in [-0.4, -0.2) is 21.4 Å². The van der Waals surface area contributed by atoms with Crippen molar-refractivity contribution in [3.05, 3.63) is 62.8 Å². The molecule has 4 nitrogen and oxygen atoms in total. The van der Waals surface area contributed by atoms with Crippen LogP contribution in [0.15, 0.2) is 29.1 Å². The fraction of sp³-hybridized carbons (Fsp3) is 0.524. The average molecular weight is 391 g/mol. The quantitative estimate of drug-likeness (QED) is 0.844. The molecule has 1 aliphatic heterocycles. The SMILES string of the molecule is O=c1[nH]c(C2CCCCC2)nc2c1CN(Cc1cccc(C(F)(F)F)c1)CC2. The molecule has 150 valence electrons. The third-order valence-corrected chi connectivity index (χ3v) is 5.82. The van der Waals surface area contributed by atoms with Crippen LogP contribution in [-0.2, 0) is 25.7 Å². The molecule has 0 saturated heterocycles. The van der Waals surface area contributed by atoms with Crippen LogP contribution >= 0.6 is 0 Å². The lowest BCUT2D eigenvalue weighted by atomic mass is 9.88. The van der Waals surface area contributed by atoms with Crippen molar-refractivity contribution in [2.45, 2.75) is 63.7 Å². The van der Waals surface area contributed by atoms with E-state index < -0.39 is 11.7 Å². The van der Waals surface area contributed by atoms with E-state index in [9.17, 15) is 18.0 Å². The summed E-state index contributed by atoms with van der Waals surface area (Å²) < 4.78 is 38.8. The van der Waals surface area contributed by atoms with Crippen LogP contribution in [0.2, 0.25) is 0 Å². The molecule has 28 heavy (non-hydrogen) atoms. The maximum absolute atomic E-state index is 12.9. The number of nitrogens with zero attached hydrogens (tertiary/aromatic N) is 2. The Balaban J connectivity index is 1.50. The second-order valence-corrected chi connectivity index (χ2v) is 7.87. The number of rotatable bonds is 3. The van der Waals surface area contributed by atoms with Gasteiger partial charge in [0.15, 0.2) is 0 Å². The van der Waals surface area contributed by atoms with Gasteiger partial charge in [0.1, 0.15) is 5.82 Å². The highest BCUT2D eigenvalue weighted by Crippen LogP contribution is 2.31. The number of alkyl halides is 3. The summed E-state index contributed by atoms with van der Waals surface area (Å²) >= 11 is 0. The van der Waals surface area contributed by atoms with Crippen molar-refractivity contribution in [2.75, 3.05) is 6.54 Å². The first kappa shape index (κ1) is 19.2. The maximum Gasteiger partial charge on any atom is 0.416 e. The van der Waals surface area contributed by atoms with E-state index in [-0.39, 0.29) is 5.56 Å². The topological polar surface area (TPSA) is 49.0 Å². The number of hydrogen-bond donors (Lipinski definition) is 1. The molecule has 0 unspecified atom stereocenters. The monoisotopic (exact) mass is 391 g/mol. The number of aromatic amines is 1. The van der Waals surface area contributed by atoms with Gasteiger partial charge >= 0.3 is 6.18 Å². The van der Waals surface area contributed by atoms with Crippen LogP contribution in [0.4, 0.5) is 13.2 Å². The van der Waals surface area contributed by atoms with Crippen LogP contribution in [0.1, 0.15) is 66.2 Å². The first-order valence-electron chi connectivity index (χ1n) is 9.90. The molecule has 0 atom stereocenters. The number of hydrogen-bond acceptors (Lipinski definition) is 3. The van der Waals surface area contributed by atoms with E-state index in [0.717, 1.165) is 30.4 Å². The van der Waals surface area contributed by atoms with E-state index in [1.165, 1.54) is 31.4 Å². The van der Waals surface area contributed by atoms with Crippen LogP contribution in [0, 0.1) is 0 Å². The zero-order valence-electron chi connectivity index (χ0n) is 15.7. The van der Waals surface area contributed by atoms with Crippen LogP contribution in [0.5, 0.6) is 0 Å². The van der Waals surface area contributed by atoms with Gasteiger partial charge in [-0.25, -0.2) is 4.98 Å². The van der Waals surface area contributed by atoms with E-state index in [4.69, 9.17) is 4.98 Å². The van der Waals surface area contributed by atoms with Crippen LogP contribution in [0.3, 0.4) is 0 Å². The van der Waals surface area contributed by atoms with Gasteiger partial charge < -0.3 is 4.98 Å². The summed E-state index contributed by atoms with van der Waals surface area (Å²) in [5, 5.41) is 0. The van der Waals surface area contributed by atoms with Crippen molar-refractivity contribution in [2.24, 2.45) is 0 Å². The molecule has 1 fully saturated rings. The number of fused-ring (bicyclic) bond motifs is 1. The normalized spacial score (nSPS) is 18.8. The minimum Gasteiger partial charge on any atom is -0.310 e. The Hall–Kier alpha value is -2.15. The molecular formula is C21H24F3N3O. The highest BCUT2D eigenvalue weighted by atomic mass is 19.4. The van der Waals surface area contributed by atoms with Crippen molar-refractivity contribution < 1.29 is 13.2 Å². The lowest BCUT2D eigenvalue weighted by Crippen LogP contribution is -2.36. The van der Waals surface area contributed by atoms with Gasteiger partial charge in [0.2, 0.25) is 0 Å². The van der Waals surface area contributed by atoms with Gasteiger partial charge in [-0.3, -0.25) is 9.69 Å². The minimum atomic E-state index is -4.35. The summed E-state index contributed by atoms with van der Waals surface area (Å²) in [4.78, 5) is 22.4. The second kappa shape index (κ2) is 7.70. The van der Waals surface area contributed by atoms with Crippen molar-refractivity contribution in [1.29, 1.82) is 0 Å². The van der Waals surface area contributed by atoms with Gasteiger partial charge in [0, 0.05) is 32.0 Å². The van der Waals surface area contributed by atoms with Crippen molar-refractivity contribution in [1.82, 2.24) is 14.9 Å². The van der Waals surface area contributed by atoms with Crippen molar-refractivity contribution >= 4 is 0 Å². The van der Waals surface area contributed by atoms with Gasteiger partial charge in [-0.15, -0.1) is 0 Å². The Morgan fingerprint density at radius 3 is 2.71 bits per heavy atom. The van der Waals surface area contributed by atoms with Crippen LogP contribution < -0.4 is 5.56 Å². The Labute approximate surface area is 161 Å². The van der Waals surface area contributed by atoms with Crippen molar-refractivity contribution in [3.63, 3.8) is 0 Å². The largest absolute Gasteiger partial charge is 0.416 e. The first-order chi connectivity index (χ1) is 13.4. The predicted molar refractivity (Wildman–Crippen MR) is 99.9 cm³/mol. The fourth-order valence-electron chi connectivity index (χ4n) is 4.31. The third kappa shape index (κ3) is 4.14. The molecule has 2 heterocycles. The summed E-state index contributed by atoms with van der Waals surface area (Å²) in [6.07, 6.45) is 2.05. The van der Waals surface area contributed by atoms with E-state index in [0.29, 0.717) is 43.1 Å². The molecule has 1 aliphatic carbocycles. The molecule has 1 aromatic heterocycles. The van der Waals surface area contributed by atoms with Gasteiger partial charge in [-0.05, 0) is 24.5 Å². The predicted octanol–water partition coefficient (Wildman–Crippen LogP) is 4.39. The number of nitrogens with one attached hydrogen (secondary N) is 1. The summed E-state index contributed by atoms with van der Waals surface area (Å²) in [7, 11) is 0. The summed E-state index contributed by atoms with van der Waals surface area (Å²) in [6, 6.07) is 5.39. The zero-order chi connectivity index (χ0) is 19.7. The van der Waals surface area contributed by atoms with Gasteiger partial charge in [-0.1, -0.05) is 37.5 Å². The summed E-state index contributed by atoms with van der Waals surface area (Å²) in [5.74, 6) is 1.16. The lowest BCUT2D eigenvalue weighted by Gasteiger charge is -2.29. The zero-order valence-corrected chi connectivity index (χ0v) is 15.7. The molecule has 4 rings (SSSR count). The minimum absolute atomic E-state index is 0.0979. The summed E-state index contributed by atoms with van der Waals surface area (Å²) in [5.41, 5.74) is 1.36. The number of H-pyrrole nitrogens is 1. The molecule has 2 aromatic rings. The Bertz CT molecular complexity index is 900. The van der Waals surface area contributed by atoms with E-state index in [1.807, 2.05) is 4.90 Å². The molecule has 0 amide bonds. The van der Waals surface area contributed by atoms with Gasteiger partial charge in [0.05, 0.1) is 16.8 Å². The molecule has 1 aromatic carbocycles. The molecule has 1 saturated carbocycles. The second-order valence-electron chi connectivity index (χ2n) is 7.87. The average Bonchev–Trinajstić information content (AvgIpc) is 2.68. The highest BCUT2D eigenvalue weighted by molar-refractivity contribution is 5.27. The number of aromatic nitrogens is 2. The van der Waals surface area contributed by atoms with E-state index in [1.54, 1.807) is 6.07 Å². The molecule has 0 radical (unpaired) electrons. The summed E-state index contributed by atoms with van der Waals surface area (Å²) in [6.45, 7) is 1.48. The molecule has 2 aliphatic rings. The van der Waals surface area contributed by atoms with Crippen LogP contribution in [0.25, 0.3) is 0 Å². The maximum atomic E-state index is 12.9. The third-order valence-electron chi connectivity index (χ3n) is 5.82. The van der Waals surface area contributed by atoms with Gasteiger partial charge in [-0.2, -0.15) is 13.2 Å². The smallest absolute Gasteiger partial charge is 0.310 e. The van der Waals surface area contributed by atoms with Crippen molar-refractivity contribution in [3.8, 4) is 0 Å². The Morgan fingerprint density at radius 1 is 1.18 bits per heavy atom. The Kier molecular flexibility index (Phi) is 5.27. The number of benzene rings is 1. The molecule has 0 bridgehead atoms. The molecular weight excluding hydrogens is 367 g/mol. The molecule has 1 N–H and O–H groups in total. The highest BCUT2D eigenvalue weighted by Gasteiger charge is 2.31. The van der Waals surface area contributed by atoms with E-state index >= 15 is 0 Å². The standard InChI is InChI=1S/C21H24F3N3O/c22-21(23,24)16-8-4-5-14(11-16)12-27-10-9-18-17(13-27)20(28)26-19(25-18)15-6-2-1-3-7-15/h4-5,8,11,15H,1-3,6-7,9-10,12-13H2,(H,25,26,28). The lowest BCUT2D eigenvalue weighted by molar-refractivity contribution is -0.137. The molecule has 0 spiro atoms. The first-order valence-corrected chi connectivity index (χ1v) is 9.90. The molecule has 7 heteroatoms.